The van der Waals surface area contributed by atoms with E-state index >= 15 is 0 Å². The van der Waals surface area contributed by atoms with Gasteiger partial charge in [0.2, 0.25) is 0 Å². The van der Waals surface area contributed by atoms with Crippen molar-refractivity contribution >= 4 is 23.0 Å². The Labute approximate surface area is 136 Å². The van der Waals surface area contributed by atoms with Gasteiger partial charge in [-0.2, -0.15) is 0 Å². The van der Waals surface area contributed by atoms with E-state index in [0.717, 1.165) is 12.8 Å². The first-order valence-corrected chi connectivity index (χ1v) is 8.80. The molecule has 4 nitrogen and oxygen atoms in total. The number of thiophene rings is 1. The number of morpholine rings is 1. The molecule has 1 aliphatic rings. The van der Waals surface area contributed by atoms with Crippen molar-refractivity contribution in [1.82, 2.24) is 4.90 Å². The third-order valence-corrected chi connectivity index (χ3v) is 5.07. The van der Waals surface area contributed by atoms with Gasteiger partial charge in [-0.3, -0.25) is 9.59 Å². The van der Waals surface area contributed by atoms with Crippen LogP contribution in [0.3, 0.4) is 0 Å². The van der Waals surface area contributed by atoms with Gasteiger partial charge in [0, 0.05) is 13.1 Å². The summed E-state index contributed by atoms with van der Waals surface area (Å²) in [6, 6.07) is 3.49. The lowest BCUT2D eigenvalue weighted by atomic mass is 10.0. The average molecular weight is 323 g/mol. The van der Waals surface area contributed by atoms with Crippen molar-refractivity contribution in [2.24, 2.45) is 5.92 Å². The third-order valence-electron chi connectivity index (χ3n) is 3.90. The zero-order chi connectivity index (χ0) is 16.1. The Bertz CT molecular complexity index is 524. The van der Waals surface area contributed by atoms with Crippen LogP contribution in [0.25, 0.3) is 0 Å². The summed E-state index contributed by atoms with van der Waals surface area (Å²) in [7, 11) is 0. The number of amides is 1. The van der Waals surface area contributed by atoms with Crippen LogP contribution in [0.1, 0.15) is 59.4 Å². The first kappa shape index (κ1) is 17.2. The van der Waals surface area contributed by atoms with Crippen LogP contribution in [0.4, 0.5) is 0 Å². The number of carbonyl (C=O) groups is 2. The van der Waals surface area contributed by atoms with Crippen molar-refractivity contribution < 1.29 is 14.3 Å². The van der Waals surface area contributed by atoms with Crippen LogP contribution in [0, 0.1) is 5.92 Å². The van der Waals surface area contributed by atoms with Gasteiger partial charge in [-0.05, 0) is 31.4 Å². The molecule has 2 rings (SSSR count). The maximum absolute atomic E-state index is 12.5. The molecule has 2 heterocycles. The van der Waals surface area contributed by atoms with Crippen LogP contribution in [-0.2, 0) is 4.74 Å². The minimum atomic E-state index is 0.0117. The first-order valence-electron chi connectivity index (χ1n) is 7.99. The number of carbonyl (C=O) groups excluding carboxylic acids is 2. The van der Waals surface area contributed by atoms with Gasteiger partial charge in [-0.1, -0.05) is 26.7 Å². The quantitative estimate of drug-likeness (QED) is 0.751. The molecule has 0 radical (unpaired) electrons. The second-order valence-corrected chi connectivity index (χ2v) is 7.37. The molecular weight excluding hydrogens is 298 g/mol. The van der Waals surface area contributed by atoms with Gasteiger partial charge in [0.1, 0.15) is 0 Å². The largest absolute Gasteiger partial charge is 0.375 e. The lowest BCUT2D eigenvalue weighted by Gasteiger charge is -2.33. The lowest BCUT2D eigenvalue weighted by Crippen LogP contribution is -2.45. The van der Waals surface area contributed by atoms with Crippen LogP contribution < -0.4 is 0 Å². The normalized spacial score (nSPS) is 18.7. The lowest BCUT2D eigenvalue weighted by molar-refractivity contribution is -0.0258. The number of ketones is 1. The molecule has 0 unspecified atom stereocenters. The fourth-order valence-corrected chi connectivity index (χ4v) is 3.50. The third kappa shape index (κ3) is 4.65. The number of nitrogens with zero attached hydrogens (tertiary/aromatic N) is 1. The van der Waals surface area contributed by atoms with Crippen LogP contribution in [0.2, 0.25) is 0 Å². The number of hydrogen-bond acceptors (Lipinski definition) is 4. The van der Waals surface area contributed by atoms with Crippen LogP contribution in [0.15, 0.2) is 12.1 Å². The minimum absolute atomic E-state index is 0.0117. The van der Waals surface area contributed by atoms with Gasteiger partial charge in [0.05, 0.1) is 22.5 Å². The van der Waals surface area contributed by atoms with Gasteiger partial charge >= 0.3 is 0 Å². The summed E-state index contributed by atoms with van der Waals surface area (Å²) in [5, 5.41) is 0. The van der Waals surface area contributed by atoms with E-state index in [-0.39, 0.29) is 17.8 Å². The standard InChI is InChI=1S/C17H25NO3S/c1-12(2)5-4-6-14-11-18(9-10-21-14)17(20)16-8-7-15(22-16)13(3)19/h7-8,12,14H,4-6,9-11H2,1-3H3/t14-/m0/s1. The molecule has 1 aromatic heterocycles. The average Bonchev–Trinajstić information content (AvgIpc) is 2.96. The molecule has 1 aromatic rings. The predicted molar refractivity (Wildman–Crippen MR) is 88.7 cm³/mol. The first-order chi connectivity index (χ1) is 10.5. The molecule has 22 heavy (non-hydrogen) atoms. The highest BCUT2D eigenvalue weighted by molar-refractivity contribution is 7.15. The highest BCUT2D eigenvalue weighted by Gasteiger charge is 2.26. The molecule has 0 spiro atoms. The predicted octanol–water partition coefficient (Wildman–Crippen LogP) is 3.62. The number of rotatable bonds is 6. The van der Waals surface area contributed by atoms with Crippen LogP contribution >= 0.6 is 11.3 Å². The smallest absolute Gasteiger partial charge is 0.264 e. The van der Waals surface area contributed by atoms with Crippen molar-refractivity contribution in [2.75, 3.05) is 19.7 Å². The van der Waals surface area contributed by atoms with Crippen molar-refractivity contribution in [3.05, 3.63) is 21.9 Å². The van der Waals surface area contributed by atoms with Crippen LogP contribution in [-0.4, -0.2) is 42.4 Å². The van der Waals surface area contributed by atoms with Gasteiger partial charge in [0.25, 0.3) is 5.91 Å². The zero-order valence-electron chi connectivity index (χ0n) is 13.6. The molecular formula is C17H25NO3S. The maximum Gasteiger partial charge on any atom is 0.264 e. The van der Waals surface area contributed by atoms with Crippen molar-refractivity contribution in [3.8, 4) is 0 Å². The Morgan fingerprint density at radius 2 is 2.09 bits per heavy atom. The van der Waals surface area contributed by atoms with E-state index in [1.807, 2.05) is 4.90 Å². The molecule has 1 fully saturated rings. The second-order valence-electron chi connectivity index (χ2n) is 6.29. The van der Waals surface area contributed by atoms with Gasteiger partial charge in [-0.15, -0.1) is 11.3 Å². The molecule has 1 atom stereocenters. The molecule has 0 aliphatic carbocycles. The Hall–Kier alpha value is -1.20. The molecule has 0 aromatic carbocycles. The molecule has 0 N–H and O–H groups in total. The van der Waals surface area contributed by atoms with Crippen molar-refractivity contribution in [2.45, 2.75) is 46.1 Å². The molecule has 5 heteroatoms. The van der Waals surface area contributed by atoms with E-state index in [1.165, 1.54) is 24.7 Å². The monoisotopic (exact) mass is 323 g/mol. The Morgan fingerprint density at radius 3 is 2.73 bits per heavy atom. The summed E-state index contributed by atoms with van der Waals surface area (Å²) < 4.78 is 5.77. The van der Waals surface area contributed by atoms with E-state index in [4.69, 9.17) is 4.74 Å². The van der Waals surface area contributed by atoms with Gasteiger partial charge in [-0.25, -0.2) is 0 Å². The summed E-state index contributed by atoms with van der Waals surface area (Å²) in [5.41, 5.74) is 0. The second kappa shape index (κ2) is 7.88. The topological polar surface area (TPSA) is 46.6 Å². The number of ether oxygens (including phenoxy) is 1. The molecule has 1 amide bonds. The molecule has 0 saturated carbocycles. The molecule has 0 bridgehead atoms. The highest BCUT2D eigenvalue weighted by Crippen LogP contribution is 2.21. The maximum atomic E-state index is 12.5. The van der Waals surface area contributed by atoms with Gasteiger partial charge < -0.3 is 9.64 Å². The highest BCUT2D eigenvalue weighted by atomic mass is 32.1. The van der Waals surface area contributed by atoms with E-state index in [9.17, 15) is 9.59 Å². The molecule has 122 valence electrons. The van der Waals surface area contributed by atoms with Crippen LogP contribution in [0.5, 0.6) is 0 Å². The summed E-state index contributed by atoms with van der Waals surface area (Å²) in [5.74, 6) is 0.740. The van der Waals surface area contributed by atoms with E-state index < -0.39 is 0 Å². The van der Waals surface area contributed by atoms with E-state index in [2.05, 4.69) is 13.8 Å². The molecule has 1 saturated heterocycles. The Balaban J connectivity index is 1.90. The summed E-state index contributed by atoms with van der Waals surface area (Å²) in [6.45, 7) is 7.86. The minimum Gasteiger partial charge on any atom is -0.375 e. The summed E-state index contributed by atoms with van der Waals surface area (Å²) in [6.07, 6.45) is 3.48. The number of hydrogen-bond donors (Lipinski definition) is 0. The molecule has 1 aliphatic heterocycles. The Morgan fingerprint density at radius 1 is 1.36 bits per heavy atom. The summed E-state index contributed by atoms with van der Waals surface area (Å²) in [4.78, 5) is 27.0. The van der Waals surface area contributed by atoms with E-state index in [0.29, 0.717) is 35.4 Å². The fourth-order valence-electron chi connectivity index (χ4n) is 2.63. The van der Waals surface area contributed by atoms with Crippen molar-refractivity contribution in [3.63, 3.8) is 0 Å². The zero-order valence-corrected chi connectivity index (χ0v) is 14.4. The number of Topliss-reactive ketones (excluding diaryl/α,β-unsaturated/α-hetero) is 1. The van der Waals surface area contributed by atoms with Crippen molar-refractivity contribution in [1.29, 1.82) is 0 Å². The SMILES string of the molecule is CC(=O)c1ccc(C(=O)N2CCO[C@@H](CCCC(C)C)C2)s1. The van der Waals surface area contributed by atoms with E-state index in [1.54, 1.807) is 12.1 Å². The Kier molecular flexibility index (Phi) is 6.15. The van der Waals surface area contributed by atoms with Gasteiger partial charge in [0.15, 0.2) is 5.78 Å². The fraction of sp³-hybridized carbons (Fsp3) is 0.647. The summed E-state index contributed by atoms with van der Waals surface area (Å²) >= 11 is 1.28.